The van der Waals surface area contributed by atoms with Crippen molar-refractivity contribution in [2.75, 3.05) is 6.16 Å². The molecule has 0 N–H and O–H groups in total. The van der Waals surface area contributed by atoms with Crippen molar-refractivity contribution in [3.05, 3.63) is 107 Å². The van der Waals surface area contributed by atoms with Gasteiger partial charge in [0.1, 0.15) is 23.2 Å². The first-order valence-electron chi connectivity index (χ1n) is 11.4. The highest BCUT2D eigenvalue weighted by Crippen LogP contribution is 2.56. The standard InChI is InChI=1S/C27H28N2O2P/c30-27-29-22(12-10-11-19-26(29)28-31-27)20-21-32(23-13-4-1-5-14-23,24-15-6-2-7-16-24)25-17-8-3-9-18-25/h1-9,13-18,22H,10-12,19-21H2/q+1. The summed E-state index contributed by atoms with van der Waals surface area (Å²) in [6.45, 7) is 0. The molecule has 0 radical (unpaired) electrons. The molecule has 2 heterocycles. The minimum atomic E-state index is -1.91. The maximum Gasteiger partial charge on any atom is 0.441 e. The fraction of sp³-hybridized carbons (Fsp3) is 0.259. The summed E-state index contributed by atoms with van der Waals surface area (Å²) in [6.07, 6.45) is 5.89. The van der Waals surface area contributed by atoms with E-state index in [2.05, 4.69) is 96.2 Å². The van der Waals surface area contributed by atoms with E-state index in [0.717, 1.165) is 44.1 Å². The molecular weight excluding hydrogens is 415 g/mol. The lowest BCUT2D eigenvalue weighted by molar-refractivity contribution is 0.350. The van der Waals surface area contributed by atoms with Gasteiger partial charge in [0, 0.05) is 18.9 Å². The Kier molecular flexibility index (Phi) is 6.05. The molecule has 0 saturated heterocycles. The van der Waals surface area contributed by atoms with E-state index < -0.39 is 7.26 Å². The molecule has 1 atom stereocenters. The molecule has 3 aromatic carbocycles. The van der Waals surface area contributed by atoms with Gasteiger partial charge in [-0.3, -0.25) is 9.09 Å². The van der Waals surface area contributed by atoms with E-state index in [-0.39, 0.29) is 11.8 Å². The molecule has 1 aliphatic heterocycles. The zero-order valence-electron chi connectivity index (χ0n) is 18.1. The predicted octanol–water partition coefficient (Wildman–Crippen LogP) is 4.49. The van der Waals surface area contributed by atoms with Gasteiger partial charge in [-0.1, -0.05) is 66.2 Å². The van der Waals surface area contributed by atoms with Crippen LogP contribution in [0, 0.1) is 0 Å². The summed E-state index contributed by atoms with van der Waals surface area (Å²) in [5.74, 6) is 0.496. The normalized spacial score (nSPS) is 16.3. The number of aromatic nitrogens is 2. The Morgan fingerprint density at radius 3 is 1.88 bits per heavy atom. The molecule has 0 saturated carbocycles. The summed E-state index contributed by atoms with van der Waals surface area (Å²) in [6, 6.07) is 32.9. The van der Waals surface area contributed by atoms with Gasteiger partial charge in [0.15, 0.2) is 5.82 Å². The second-order valence-electron chi connectivity index (χ2n) is 8.46. The van der Waals surface area contributed by atoms with Gasteiger partial charge in [-0.05, 0) is 49.2 Å². The Hall–Kier alpha value is -2.97. The van der Waals surface area contributed by atoms with Gasteiger partial charge in [0.25, 0.3) is 0 Å². The summed E-state index contributed by atoms with van der Waals surface area (Å²) in [7, 11) is -1.91. The number of nitrogens with zero attached hydrogens (tertiary/aromatic N) is 2. The van der Waals surface area contributed by atoms with Crippen molar-refractivity contribution < 1.29 is 4.52 Å². The summed E-state index contributed by atoms with van der Waals surface area (Å²) >= 11 is 0. The van der Waals surface area contributed by atoms with Crippen molar-refractivity contribution in [2.24, 2.45) is 0 Å². The first-order valence-corrected chi connectivity index (χ1v) is 13.4. The van der Waals surface area contributed by atoms with Crippen molar-refractivity contribution in [3.63, 3.8) is 0 Å². The topological polar surface area (TPSA) is 48.0 Å². The van der Waals surface area contributed by atoms with Crippen LogP contribution in [-0.4, -0.2) is 15.9 Å². The van der Waals surface area contributed by atoms with Crippen LogP contribution in [0.15, 0.2) is 100 Å². The Bertz CT molecular complexity index is 1110. The monoisotopic (exact) mass is 443 g/mol. The van der Waals surface area contributed by atoms with Gasteiger partial charge in [-0.2, -0.15) is 0 Å². The maximum absolute atomic E-state index is 12.5. The van der Waals surface area contributed by atoms with Crippen LogP contribution in [0.1, 0.15) is 37.5 Å². The van der Waals surface area contributed by atoms with Crippen LogP contribution in [0.5, 0.6) is 0 Å². The van der Waals surface area contributed by atoms with Crippen LogP contribution in [0.2, 0.25) is 0 Å². The average Bonchev–Trinajstić information content (AvgIpc) is 3.10. The fourth-order valence-electron chi connectivity index (χ4n) is 5.10. The highest BCUT2D eigenvalue weighted by atomic mass is 31.2. The quantitative estimate of drug-likeness (QED) is 0.413. The zero-order chi connectivity index (χ0) is 21.8. The molecule has 1 unspecified atom stereocenters. The molecule has 0 spiro atoms. The largest absolute Gasteiger partial charge is 0.441 e. The Labute approximate surface area is 189 Å². The molecule has 0 aliphatic carbocycles. The number of hydrogen-bond acceptors (Lipinski definition) is 3. The van der Waals surface area contributed by atoms with Crippen LogP contribution in [0.3, 0.4) is 0 Å². The van der Waals surface area contributed by atoms with Crippen LogP contribution in [0.25, 0.3) is 0 Å². The van der Waals surface area contributed by atoms with Crippen LogP contribution >= 0.6 is 7.26 Å². The Morgan fingerprint density at radius 1 is 0.812 bits per heavy atom. The van der Waals surface area contributed by atoms with Crippen LogP contribution in [0.4, 0.5) is 0 Å². The molecule has 5 heteroatoms. The Morgan fingerprint density at radius 2 is 1.34 bits per heavy atom. The fourth-order valence-corrected chi connectivity index (χ4v) is 9.50. The SMILES string of the molecule is O=c1onc2n1C(CC[P+](c1ccccc1)(c1ccccc1)c1ccccc1)CCCC2. The molecule has 4 aromatic rings. The summed E-state index contributed by atoms with van der Waals surface area (Å²) in [5, 5.41) is 8.21. The molecule has 0 amide bonds. The van der Waals surface area contributed by atoms with Crippen molar-refractivity contribution in [2.45, 2.75) is 38.1 Å². The molecule has 0 fully saturated rings. The maximum atomic E-state index is 12.5. The van der Waals surface area contributed by atoms with Gasteiger partial charge >= 0.3 is 5.76 Å². The van der Waals surface area contributed by atoms with Crippen LogP contribution < -0.4 is 21.7 Å². The third-order valence-corrected chi connectivity index (χ3v) is 11.1. The average molecular weight is 444 g/mol. The van der Waals surface area contributed by atoms with E-state index in [1.807, 2.05) is 4.57 Å². The zero-order valence-corrected chi connectivity index (χ0v) is 19.0. The Balaban J connectivity index is 1.62. The lowest BCUT2D eigenvalue weighted by Gasteiger charge is -2.29. The molecule has 1 aliphatic rings. The number of fused-ring (bicyclic) bond motifs is 1. The molecule has 4 nitrogen and oxygen atoms in total. The van der Waals surface area contributed by atoms with E-state index in [0.29, 0.717) is 0 Å². The van der Waals surface area contributed by atoms with E-state index in [1.54, 1.807) is 0 Å². The lowest BCUT2D eigenvalue weighted by Crippen LogP contribution is -2.34. The molecule has 32 heavy (non-hydrogen) atoms. The van der Waals surface area contributed by atoms with Gasteiger partial charge in [0.05, 0.1) is 6.16 Å². The van der Waals surface area contributed by atoms with Gasteiger partial charge in [-0.15, -0.1) is 0 Å². The van der Waals surface area contributed by atoms with E-state index >= 15 is 0 Å². The summed E-state index contributed by atoms with van der Waals surface area (Å²) in [4.78, 5) is 12.5. The lowest BCUT2D eigenvalue weighted by atomic mass is 10.1. The summed E-state index contributed by atoms with van der Waals surface area (Å²) in [5.41, 5.74) is 0. The van der Waals surface area contributed by atoms with Crippen LogP contribution in [-0.2, 0) is 6.42 Å². The number of rotatable bonds is 6. The first-order chi connectivity index (χ1) is 15.8. The first kappa shape index (κ1) is 20.9. The highest BCUT2D eigenvalue weighted by Gasteiger charge is 2.45. The van der Waals surface area contributed by atoms with Gasteiger partial charge in [0.2, 0.25) is 0 Å². The minimum absolute atomic E-state index is 0.127. The third kappa shape index (κ3) is 3.84. The third-order valence-electron chi connectivity index (χ3n) is 6.65. The van der Waals surface area contributed by atoms with Gasteiger partial charge in [-0.25, -0.2) is 4.79 Å². The van der Waals surface area contributed by atoms with Crippen molar-refractivity contribution in [3.8, 4) is 0 Å². The smallest absolute Gasteiger partial charge is 0.296 e. The molecule has 5 rings (SSSR count). The van der Waals surface area contributed by atoms with Crippen molar-refractivity contribution in [1.29, 1.82) is 0 Å². The molecule has 1 aromatic heterocycles. The molecule has 162 valence electrons. The van der Waals surface area contributed by atoms with E-state index in [4.69, 9.17) is 4.52 Å². The highest BCUT2D eigenvalue weighted by molar-refractivity contribution is 7.95. The number of benzene rings is 3. The molecule has 0 bridgehead atoms. The van der Waals surface area contributed by atoms with E-state index in [1.165, 1.54) is 15.9 Å². The minimum Gasteiger partial charge on any atom is -0.296 e. The molecular formula is C27H28N2O2P+. The van der Waals surface area contributed by atoms with E-state index in [9.17, 15) is 4.79 Å². The van der Waals surface area contributed by atoms with Gasteiger partial charge < -0.3 is 0 Å². The van der Waals surface area contributed by atoms with Crippen molar-refractivity contribution in [1.82, 2.24) is 9.72 Å². The second-order valence-corrected chi connectivity index (χ2v) is 12.1. The number of hydrogen-bond donors (Lipinski definition) is 0. The predicted molar refractivity (Wildman–Crippen MR) is 132 cm³/mol. The number of aryl methyl sites for hydroxylation is 1. The second kappa shape index (κ2) is 9.26. The summed E-state index contributed by atoms with van der Waals surface area (Å²) < 4.78 is 6.89. The van der Waals surface area contributed by atoms with Crippen molar-refractivity contribution >= 4 is 23.2 Å².